The maximum Gasteiger partial charge on any atom is 0.251 e. The summed E-state index contributed by atoms with van der Waals surface area (Å²) < 4.78 is 1.66. The lowest BCUT2D eigenvalue weighted by Gasteiger charge is -2.09. The quantitative estimate of drug-likeness (QED) is 0.541. The number of carbonyl (C=O) groups excluding carboxylic acids is 1. The first-order valence-electron chi connectivity index (χ1n) is 8.97. The largest absolute Gasteiger partial charge is 0.369 e. The molecule has 0 saturated heterocycles. The van der Waals surface area contributed by atoms with Crippen LogP contribution in [0, 0.1) is 6.92 Å². The van der Waals surface area contributed by atoms with Crippen molar-refractivity contribution in [3.63, 3.8) is 0 Å². The van der Waals surface area contributed by atoms with Crippen molar-refractivity contribution in [3.8, 4) is 22.4 Å². The fourth-order valence-corrected chi connectivity index (χ4v) is 3.19. The van der Waals surface area contributed by atoms with E-state index in [1.54, 1.807) is 10.7 Å². The Morgan fingerprint density at radius 3 is 2.68 bits per heavy atom. The van der Waals surface area contributed by atoms with Gasteiger partial charge in [-0.1, -0.05) is 48.5 Å². The number of hydrogen-bond acceptors (Lipinski definition) is 5. The van der Waals surface area contributed by atoms with Gasteiger partial charge in [0.15, 0.2) is 0 Å². The highest BCUT2D eigenvalue weighted by molar-refractivity contribution is 5.77. The van der Waals surface area contributed by atoms with Crippen molar-refractivity contribution in [2.75, 3.05) is 6.54 Å². The van der Waals surface area contributed by atoms with E-state index in [1.807, 2.05) is 30.5 Å². The van der Waals surface area contributed by atoms with E-state index in [0.717, 1.165) is 16.8 Å². The molecule has 0 aliphatic heterocycles. The maximum atomic E-state index is 10.8. The van der Waals surface area contributed by atoms with E-state index in [4.69, 9.17) is 5.73 Å². The average molecular weight is 372 g/mol. The molecule has 4 rings (SSSR count). The van der Waals surface area contributed by atoms with Crippen LogP contribution in [0.1, 0.15) is 11.3 Å². The Hall–Kier alpha value is -3.58. The highest BCUT2D eigenvalue weighted by atomic mass is 16.1. The first kappa shape index (κ1) is 17.8. The number of fused-ring (bicyclic) bond motifs is 1. The van der Waals surface area contributed by atoms with Gasteiger partial charge in [0.05, 0.1) is 30.3 Å². The summed E-state index contributed by atoms with van der Waals surface area (Å²) >= 11 is 0. The van der Waals surface area contributed by atoms with E-state index in [0.29, 0.717) is 18.0 Å². The Balaban J connectivity index is 1.67. The van der Waals surface area contributed by atoms with Crippen molar-refractivity contribution in [1.82, 2.24) is 24.9 Å². The lowest BCUT2D eigenvalue weighted by Crippen LogP contribution is -2.28. The smallest absolute Gasteiger partial charge is 0.251 e. The minimum absolute atomic E-state index is 0.0976. The topological polar surface area (TPSA) is 98.2 Å². The van der Waals surface area contributed by atoms with Crippen LogP contribution >= 0.6 is 0 Å². The first-order valence-corrected chi connectivity index (χ1v) is 8.97. The predicted molar refractivity (Wildman–Crippen MR) is 107 cm³/mol. The third-order valence-corrected chi connectivity index (χ3v) is 4.54. The van der Waals surface area contributed by atoms with Crippen molar-refractivity contribution < 1.29 is 4.79 Å². The van der Waals surface area contributed by atoms with Gasteiger partial charge < -0.3 is 11.1 Å². The van der Waals surface area contributed by atoms with Crippen LogP contribution in [0.2, 0.25) is 0 Å². The Kier molecular flexibility index (Phi) is 4.82. The molecule has 2 heterocycles. The van der Waals surface area contributed by atoms with Crippen LogP contribution < -0.4 is 11.1 Å². The summed E-state index contributed by atoms with van der Waals surface area (Å²) in [5.74, 6) is 0.117. The molecule has 0 radical (unpaired) electrons. The van der Waals surface area contributed by atoms with Gasteiger partial charge >= 0.3 is 0 Å². The molecule has 0 spiro atoms. The highest BCUT2D eigenvalue weighted by Gasteiger charge is 2.12. The number of imidazole rings is 1. The van der Waals surface area contributed by atoms with Gasteiger partial charge in [-0.05, 0) is 23.6 Å². The molecule has 3 N–H and O–H groups in total. The standard InChI is InChI=1S/C21H20N6O/c1-14-17(15-6-3-2-4-7-15)8-5-9-18(14)19-13-27-21(25-19)24-11-16(26-27)10-23-12-20(22)28/h2-9,11,13,23H,10,12H2,1H3,(H2,22,28). The number of amides is 1. The molecule has 0 fully saturated rings. The zero-order valence-electron chi connectivity index (χ0n) is 15.5. The molecule has 0 aliphatic rings. The van der Waals surface area contributed by atoms with Gasteiger partial charge in [0, 0.05) is 12.1 Å². The second kappa shape index (κ2) is 7.58. The van der Waals surface area contributed by atoms with Gasteiger partial charge in [-0.3, -0.25) is 4.79 Å². The van der Waals surface area contributed by atoms with Crippen molar-refractivity contribution >= 4 is 11.7 Å². The number of hydrogen-bond donors (Lipinski definition) is 2. The maximum absolute atomic E-state index is 10.8. The van der Waals surface area contributed by atoms with Crippen LogP contribution in [0.25, 0.3) is 28.2 Å². The Morgan fingerprint density at radius 2 is 1.89 bits per heavy atom. The molecule has 140 valence electrons. The van der Waals surface area contributed by atoms with Crippen molar-refractivity contribution in [1.29, 1.82) is 0 Å². The second-order valence-electron chi connectivity index (χ2n) is 6.53. The molecule has 0 bridgehead atoms. The van der Waals surface area contributed by atoms with Gasteiger partial charge in [0.25, 0.3) is 5.78 Å². The summed E-state index contributed by atoms with van der Waals surface area (Å²) in [5, 5.41) is 7.43. The second-order valence-corrected chi connectivity index (χ2v) is 6.53. The Morgan fingerprint density at radius 1 is 1.11 bits per heavy atom. The molecule has 7 nitrogen and oxygen atoms in total. The van der Waals surface area contributed by atoms with E-state index in [-0.39, 0.29) is 6.54 Å². The molecular formula is C21H20N6O. The first-order chi connectivity index (χ1) is 13.6. The fraction of sp³-hybridized carbons (Fsp3) is 0.143. The number of aromatic nitrogens is 4. The van der Waals surface area contributed by atoms with E-state index in [1.165, 1.54) is 11.1 Å². The minimum Gasteiger partial charge on any atom is -0.369 e. The summed E-state index contributed by atoms with van der Waals surface area (Å²) in [4.78, 5) is 19.8. The summed E-state index contributed by atoms with van der Waals surface area (Å²) in [7, 11) is 0. The van der Waals surface area contributed by atoms with Gasteiger partial charge in [-0.2, -0.15) is 5.10 Å². The summed E-state index contributed by atoms with van der Waals surface area (Å²) in [6, 6.07) is 16.5. The molecule has 2 aromatic heterocycles. The zero-order valence-corrected chi connectivity index (χ0v) is 15.5. The number of rotatable bonds is 6. The summed E-state index contributed by atoms with van der Waals surface area (Å²) in [5.41, 5.74) is 11.2. The summed E-state index contributed by atoms with van der Waals surface area (Å²) in [6.07, 6.45) is 3.52. The van der Waals surface area contributed by atoms with E-state index in [9.17, 15) is 4.79 Å². The van der Waals surface area contributed by atoms with Crippen LogP contribution in [0.3, 0.4) is 0 Å². The van der Waals surface area contributed by atoms with Crippen LogP contribution in [-0.2, 0) is 11.3 Å². The van der Waals surface area contributed by atoms with Crippen molar-refractivity contribution in [2.45, 2.75) is 13.5 Å². The van der Waals surface area contributed by atoms with Crippen LogP contribution in [0.4, 0.5) is 0 Å². The van der Waals surface area contributed by atoms with Gasteiger partial charge in [0.2, 0.25) is 5.91 Å². The Bertz CT molecular complexity index is 1140. The molecule has 2 aromatic carbocycles. The number of benzene rings is 2. The zero-order chi connectivity index (χ0) is 19.5. The van der Waals surface area contributed by atoms with Crippen LogP contribution in [-0.4, -0.2) is 32.0 Å². The normalized spacial score (nSPS) is 11.0. The highest BCUT2D eigenvalue weighted by Crippen LogP contribution is 2.31. The van der Waals surface area contributed by atoms with Gasteiger partial charge in [-0.25, -0.2) is 14.5 Å². The van der Waals surface area contributed by atoms with E-state index >= 15 is 0 Å². The lowest BCUT2D eigenvalue weighted by atomic mass is 9.95. The molecule has 0 aliphatic carbocycles. The van der Waals surface area contributed by atoms with E-state index < -0.39 is 5.91 Å². The van der Waals surface area contributed by atoms with Crippen molar-refractivity contribution in [3.05, 3.63) is 72.2 Å². The number of primary amides is 1. The molecule has 4 aromatic rings. The average Bonchev–Trinajstić information content (AvgIpc) is 3.11. The van der Waals surface area contributed by atoms with Gasteiger partial charge in [0.1, 0.15) is 0 Å². The minimum atomic E-state index is -0.410. The number of nitrogens with one attached hydrogen (secondary N) is 1. The van der Waals surface area contributed by atoms with Crippen molar-refractivity contribution in [2.24, 2.45) is 5.73 Å². The number of carbonyl (C=O) groups is 1. The molecule has 28 heavy (non-hydrogen) atoms. The van der Waals surface area contributed by atoms with Crippen LogP contribution in [0.15, 0.2) is 60.9 Å². The Labute approximate surface area is 162 Å². The third kappa shape index (κ3) is 3.60. The molecule has 7 heteroatoms. The number of nitrogens with zero attached hydrogens (tertiary/aromatic N) is 4. The molecule has 0 atom stereocenters. The third-order valence-electron chi connectivity index (χ3n) is 4.54. The van der Waals surface area contributed by atoms with Gasteiger partial charge in [-0.15, -0.1) is 0 Å². The fourth-order valence-electron chi connectivity index (χ4n) is 3.19. The monoisotopic (exact) mass is 372 g/mol. The molecule has 0 unspecified atom stereocenters. The van der Waals surface area contributed by atoms with Crippen LogP contribution in [0.5, 0.6) is 0 Å². The molecular weight excluding hydrogens is 352 g/mol. The lowest BCUT2D eigenvalue weighted by molar-refractivity contribution is -0.117. The molecule has 0 saturated carbocycles. The summed E-state index contributed by atoms with van der Waals surface area (Å²) in [6.45, 7) is 2.60. The SMILES string of the molecule is Cc1c(-c2ccccc2)cccc1-c1cn2nc(CNCC(N)=O)cnc2n1. The number of nitrogens with two attached hydrogens (primary N) is 1. The molecule has 1 amide bonds. The predicted octanol–water partition coefficient (Wildman–Crippen LogP) is 2.34. The van der Waals surface area contributed by atoms with E-state index in [2.05, 4.69) is 51.6 Å².